The van der Waals surface area contributed by atoms with Crippen molar-refractivity contribution in [2.24, 2.45) is 11.7 Å². The van der Waals surface area contributed by atoms with Gasteiger partial charge in [0, 0.05) is 18.2 Å². The Morgan fingerprint density at radius 1 is 1.30 bits per heavy atom. The van der Waals surface area contributed by atoms with Gasteiger partial charge in [-0.1, -0.05) is 18.5 Å². The van der Waals surface area contributed by atoms with Crippen molar-refractivity contribution in [2.75, 3.05) is 18.5 Å². The van der Waals surface area contributed by atoms with Crippen molar-refractivity contribution < 1.29 is 14.3 Å². The van der Waals surface area contributed by atoms with Gasteiger partial charge in [0.25, 0.3) is 0 Å². The van der Waals surface area contributed by atoms with Gasteiger partial charge in [0.15, 0.2) is 11.5 Å². The first-order valence-corrected chi connectivity index (χ1v) is 6.52. The van der Waals surface area contributed by atoms with Crippen LogP contribution in [0.5, 0.6) is 11.5 Å². The molecule has 1 aromatic rings. The highest BCUT2D eigenvalue weighted by Gasteiger charge is 2.20. The predicted molar refractivity (Wildman–Crippen MR) is 81.1 cm³/mol. The number of halogens is 2. The second kappa shape index (κ2) is 7.02. The van der Waals surface area contributed by atoms with Crippen LogP contribution in [0.1, 0.15) is 13.8 Å². The Hall–Kier alpha value is -1.17. The number of anilines is 1. The molecule has 1 aliphatic heterocycles. The first-order chi connectivity index (χ1) is 8.99. The summed E-state index contributed by atoms with van der Waals surface area (Å²) >= 11 is 6.11. The fourth-order valence-electron chi connectivity index (χ4n) is 1.65. The molecule has 0 saturated heterocycles. The van der Waals surface area contributed by atoms with E-state index < -0.39 is 0 Å². The molecule has 5 nitrogen and oxygen atoms in total. The number of carbonyl (C=O) groups excluding carboxylic acids is 1. The Balaban J connectivity index is 0.00000200. The summed E-state index contributed by atoms with van der Waals surface area (Å²) in [6, 6.07) is 3.08. The van der Waals surface area contributed by atoms with Gasteiger partial charge in [0.05, 0.1) is 16.6 Å². The second-order valence-corrected chi connectivity index (χ2v) is 5.02. The van der Waals surface area contributed by atoms with Gasteiger partial charge < -0.3 is 20.5 Å². The molecule has 112 valence electrons. The third kappa shape index (κ3) is 3.69. The average molecular weight is 321 g/mol. The van der Waals surface area contributed by atoms with E-state index in [1.807, 2.05) is 0 Å². The first kappa shape index (κ1) is 16.9. The summed E-state index contributed by atoms with van der Waals surface area (Å²) in [5, 5.41) is 3.17. The molecular formula is C13H18Cl2N2O3. The maximum Gasteiger partial charge on any atom is 0.228 e. The standard InChI is InChI=1S/C13H17ClN2O3.ClH/c1-7(8(2)15)13(17)16-10-6-12-11(5-9(10)14)18-3-4-19-12;/h5-8H,3-4,15H2,1-2H3,(H,16,17);1H. The molecule has 2 unspecified atom stereocenters. The lowest BCUT2D eigenvalue weighted by Crippen LogP contribution is -2.34. The summed E-state index contributed by atoms with van der Waals surface area (Å²) in [4.78, 5) is 12.0. The number of benzene rings is 1. The van der Waals surface area contributed by atoms with Crippen molar-refractivity contribution in [1.29, 1.82) is 0 Å². The van der Waals surface area contributed by atoms with Crippen LogP contribution in [0.25, 0.3) is 0 Å². The Kier molecular flexibility index (Phi) is 5.92. The topological polar surface area (TPSA) is 73.6 Å². The van der Waals surface area contributed by atoms with Crippen LogP contribution in [-0.4, -0.2) is 25.2 Å². The summed E-state index contributed by atoms with van der Waals surface area (Å²) in [7, 11) is 0. The molecule has 0 bridgehead atoms. The number of amides is 1. The van der Waals surface area contributed by atoms with Gasteiger partial charge >= 0.3 is 0 Å². The molecule has 1 heterocycles. The van der Waals surface area contributed by atoms with E-state index in [4.69, 9.17) is 26.8 Å². The Morgan fingerprint density at radius 2 is 1.85 bits per heavy atom. The second-order valence-electron chi connectivity index (χ2n) is 4.61. The molecule has 0 saturated carbocycles. The summed E-state index contributed by atoms with van der Waals surface area (Å²) in [5.41, 5.74) is 6.20. The van der Waals surface area contributed by atoms with Crippen molar-refractivity contribution in [1.82, 2.24) is 0 Å². The summed E-state index contributed by atoms with van der Waals surface area (Å²) in [6.45, 7) is 4.54. The number of hydrogen-bond donors (Lipinski definition) is 2. The van der Waals surface area contributed by atoms with E-state index >= 15 is 0 Å². The van der Waals surface area contributed by atoms with Crippen LogP contribution in [0.3, 0.4) is 0 Å². The van der Waals surface area contributed by atoms with Crippen LogP contribution in [0.2, 0.25) is 5.02 Å². The molecule has 2 rings (SSSR count). The predicted octanol–water partition coefficient (Wildman–Crippen LogP) is 2.45. The molecule has 1 aromatic carbocycles. The van der Waals surface area contributed by atoms with E-state index in [2.05, 4.69) is 5.32 Å². The number of ether oxygens (including phenoxy) is 2. The lowest BCUT2D eigenvalue weighted by atomic mass is 10.0. The van der Waals surface area contributed by atoms with E-state index in [-0.39, 0.29) is 30.3 Å². The summed E-state index contributed by atoms with van der Waals surface area (Å²) in [6.07, 6.45) is 0. The van der Waals surface area contributed by atoms with Crippen molar-refractivity contribution in [3.63, 3.8) is 0 Å². The summed E-state index contributed by atoms with van der Waals surface area (Å²) < 4.78 is 10.9. The average Bonchev–Trinajstić information content (AvgIpc) is 2.38. The minimum absolute atomic E-state index is 0. The number of nitrogens with one attached hydrogen (secondary N) is 1. The molecule has 1 amide bonds. The fraction of sp³-hybridized carbons (Fsp3) is 0.462. The highest BCUT2D eigenvalue weighted by molar-refractivity contribution is 6.34. The van der Waals surface area contributed by atoms with Crippen LogP contribution in [0.15, 0.2) is 12.1 Å². The molecule has 0 radical (unpaired) electrons. The largest absolute Gasteiger partial charge is 0.486 e. The summed E-state index contributed by atoms with van der Waals surface area (Å²) in [5.74, 6) is 0.701. The van der Waals surface area contributed by atoms with E-state index in [9.17, 15) is 4.79 Å². The number of hydrogen-bond acceptors (Lipinski definition) is 4. The van der Waals surface area contributed by atoms with E-state index in [0.29, 0.717) is 35.4 Å². The van der Waals surface area contributed by atoms with Gasteiger partial charge in [-0.05, 0) is 6.92 Å². The third-order valence-electron chi connectivity index (χ3n) is 3.09. The zero-order valence-electron chi connectivity index (χ0n) is 11.3. The van der Waals surface area contributed by atoms with E-state index in [1.165, 1.54) is 0 Å². The van der Waals surface area contributed by atoms with Gasteiger partial charge in [0.2, 0.25) is 5.91 Å². The fourth-order valence-corrected chi connectivity index (χ4v) is 1.85. The quantitative estimate of drug-likeness (QED) is 0.897. The highest BCUT2D eigenvalue weighted by Crippen LogP contribution is 2.38. The van der Waals surface area contributed by atoms with Crippen molar-refractivity contribution in [2.45, 2.75) is 19.9 Å². The molecule has 20 heavy (non-hydrogen) atoms. The molecule has 2 atom stereocenters. The maximum absolute atomic E-state index is 12.0. The minimum atomic E-state index is -0.302. The number of fused-ring (bicyclic) bond motifs is 1. The number of nitrogens with two attached hydrogens (primary N) is 1. The van der Waals surface area contributed by atoms with Gasteiger partial charge in [-0.2, -0.15) is 0 Å². The first-order valence-electron chi connectivity index (χ1n) is 6.14. The molecule has 0 aromatic heterocycles. The molecule has 0 spiro atoms. The molecule has 0 aliphatic carbocycles. The van der Waals surface area contributed by atoms with Crippen LogP contribution in [0.4, 0.5) is 5.69 Å². The van der Waals surface area contributed by atoms with Gasteiger partial charge in [-0.3, -0.25) is 4.79 Å². The van der Waals surface area contributed by atoms with Crippen molar-refractivity contribution >= 4 is 35.6 Å². The Labute approximate surface area is 129 Å². The number of rotatable bonds is 3. The Bertz CT molecular complexity index is 495. The lowest BCUT2D eigenvalue weighted by molar-refractivity contribution is -0.119. The monoisotopic (exact) mass is 320 g/mol. The SMILES string of the molecule is CC(N)C(C)C(=O)Nc1cc2c(cc1Cl)OCCO2.Cl. The number of carbonyl (C=O) groups is 1. The minimum Gasteiger partial charge on any atom is -0.486 e. The zero-order valence-corrected chi connectivity index (χ0v) is 12.9. The molecule has 0 fully saturated rings. The molecule has 7 heteroatoms. The highest BCUT2D eigenvalue weighted by atomic mass is 35.5. The maximum atomic E-state index is 12.0. The zero-order chi connectivity index (χ0) is 14.0. The van der Waals surface area contributed by atoms with Crippen molar-refractivity contribution in [3.05, 3.63) is 17.2 Å². The smallest absolute Gasteiger partial charge is 0.228 e. The van der Waals surface area contributed by atoms with Gasteiger partial charge in [0.1, 0.15) is 13.2 Å². The van der Waals surface area contributed by atoms with Gasteiger partial charge in [-0.25, -0.2) is 0 Å². The Morgan fingerprint density at radius 3 is 2.40 bits per heavy atom. The molecule has 1 aliphatic rings. The van der Waals surface area contributed by atoms with Crippen LogP contribution >= 0.6 is 24.0 Å². The van der Waals surface area contributed by atoms with E-state index in [1.54, 1.807) is 26.0 Å². The van der Waals surface area contributed by atoms with Crippen LogP contribution in [0, 0.1) is 5.92 Å². The van der Waals surface area contributed by atoms with Crippen LogP contribution in [-0.2, 0) is 4.79 Å². The third-order valence-corrected chi connectivity index (χ3v) is 3.40. The van der Waals surface area contributed by atoms with Gasteiger partial charge in [-0.15, -0.1) is 12.4 Å². The van der Waals surface area contributed by atoms with E-state index in [0.717, 1.165) is 0 Å². The molecule has 3 N–H and O–H groups in total. The lowest BCUT2D eigenvalue weighted by Gasteiger charge is -2.21. The molecular weight excluding hydrogens is 303 g/mol. The normalized spacial score (nSPS) is 15.8. The van der Waals surface area contributed by atoms with Crippen molar-refractivity contribution in [3.8, 4) is 11.5 Å². The van der Waals surface area contributed by atoms with Crippen LogP contribution < -0.4 is 20.5 Å².